The van der Waals surface area contributed by atoms with Crippen LogP contribution in [0.15, 0.2) is 48.5 Å². The summed E-state index contributed by atoms with van der Waals surface area (Å²) >= 11 is 0. The molecule has 5 heteroatoms. The molecule has 2 rings (SSSR count). The van der Waals surface area contributed by atoms with Crippen molar-refractivity contribution in [1.82, 2.24) is 4.90 Å². The van der Waals surface area contributed by atoms with E-state index in [-0.39, 0.29) is 11.8 Å². The molecular formula is C18H21NO4. The Morgan fingerprint density at radius 2 is 1.91 bits per heavy atom. The Labute approximate surface area is 135 Å². The first-order valence-corrected chi connectivity index (χ1v) is 7.39. The van der Waals surface area contributed by atoms with Crippen LogP contribution < -0.4 is 4.74 Å². The lowest BCUT2D eigenvalue weighted by molar-refractivity contribution is 0.136. The van der Waals surface area contributed by atoms with Crippen molar-refractivity contribution >= 4 is 6.09 Å². The highest BCUT2D eigenvalue weighted by molar-refractivity contribution is 5.65. The number of aryl methyl sites for hydroxylation is 1. The molecule has 0 heterocycles. The maximum absolute atomic E-state index is 11.3. The van der Waals surface area contributed by atoms with E-state index in [0.29, 0.717) is 6.42 Å². The Hall–Kier alpha value is -2.69. The zero-order valence-corrected chi connectivity index (χ0v) is 13.3. The Morgan fingerprint density at radius 3 is 2.48 bits per heavy atom. The molecule has 0 saturated heterocycles. The van der Waals surface area contributed by atoms with Gasteiger partial charge in [0.05, 0.1) is 13.2 Å². The van der Waals surface area contributed by atoms with E-state index in [9.17, 15) is 15.0 Å². The second-order valence-corrected chi connectivity index (χ2v) is 5.39. The monoisotopic (exact) mass is 315 g/mol. The number of nitrogens with zero attached hydrogens (tertiary/aromatic N) is 1. The van der Waals surface area contributed by atoms with E-state index in [4.69, 9.17) is 4.74 Å². The lowest BCUT2D eigenvalue weighted by Crippen LogP contribution is -2.30. The normalized spacial score (nSPS) is 11.7. The Balaban J connectivity index is 2.15. The predicted molar refractivity (Wildman–Crippen MR) is 88.0 cm³/mol. The Morgan fingerprint density at radius 1 is 1.22 bits per heavy atom. The summed E-state index contributed by atoms with van der Waals surface area (Å²) in [5.41, 5.74) is 1.89. The second-order valence-electron chi connectivity index (χ2n) is 5.39. The van der Waals surface area contributed by atoms with Gasteiger partial charge in [-0.2, -0.15) is 0 Å². The molecule has 0 spiro atoms. The van der Waals surface area contributed by atoms with Crippen LogP contribution in [0.5, 0.6) is 11.5 Å². The van der Waals surface area contributed by atoms with Crippen LogP contribution in [0.3, 0.4) is 0 Å². The van der Waals surface area contributed by atoms with Crippen molar-refractivity contribution in [1.29, 1.82) is 0 Å². The average molecular weight is 315 g/mol. The number of methoxy groups -OCH3 is 1. The van der Waals surface area contributed by atoms with Crippen molar-refractivity contribution in [3.8, 4) is 11.5 Å². The van der Waals surface area contributed by atoms with E-state index in [1.165, 1.54) is 4.90 Å². The van der Waals surface area contributed by atoms with Gasteiger partial charge in [-0.3, -0.25) is 0 Å². The van der Waals surface area contributed by atoms with Crippen LogP contribution in [0.1, 0.15) is 23.6 Å². The van der Waals surface area contributed by atoms with Crippen LogP contribution in [-0.4, -0.2) is 35.4 Å². The minimum Gasteiger partial charge on any atom is -0.508 e. The van der Waals surface area contributed by atoms with E-state index in [1.807, 2.05) is 30.3 Å². The predicted octanol–water partition coefficient (Wildman–Crippen LogP) is 3.68. The van der Waals surface area contributed by atoms with Gasteiger partial charge in [0.25, 0.3) is 0 Å². The van der Waals surface area contributed by atoms with Crippen LogP contribution in [-0.2, 0) is 6.42 Å². The van der Waals surface area contributed by atoms with Crippen molar-refractivity contribution in [2.45, 2.75) is 18.9 Å². The van der Waals surface area contributed by atoms with Crippen LogP contribution in [0.2, 0.25) is 0 Å². The fourth-order valence-corrected chi connectivity index (χ4v) is 2.54. The number of phenolic OH excluding ortho intramolecular Hbond substituents is 1. The largest absolute Gasteiger partial charge is 0.508 e. The Bertz CT molecular complexity index is 654. The number of phenols is 1. The molecule has 0 fully saturated rings. The van der Waals surface area contributed by atoms with Crippen LogP contribution >= 0.6 is 0 Å². The lowest BCUT2D eigenvalue weighted by Gasteiger charge is -2.26. The third-order valence-corrected chi connectivity index (χ3v) is 3.89. The maximum atomic E-state index is 11.3. The van der Waals surface area contributed by atoms with Gasteiger partial charge in [-0.15, -0.1) is 0 Å². The maximum Gasteiger partial charge on any atom is 0.407 e. The highest BCUT2D eigenvalue weighted by Crippen LogP contribution is 2.27. The number of hydrogen-bond acceptors (Lipinski definition) is 3. The molecule has 2 aromatic rings. The first-order chi connectivity index (χ1) is 11.0. The van der Waals surface area contributed by atoms with Crippen molar-refractivity contribution in [2.75, 3.05) is 14.2 Å². The standard InChI is InChI=1S/C18H21NO4/c1-19(18(21)22)17(14-4-3-5-15(20)12-14)11-8-13-6-9-16(23-2)10-7-13/h3-7,9-10,12,17,20H,8,11H2,1-2H3,(H,21,22). The van der Waals surface area contributed by atoms with Gasteiger partial charge in [0.1, 0.15) is 11.5 Å². The Kier molecular flexibility index (Phi) is 5.46. The number of benzene rings is 2. The fraction of sp³-hybridized carbons (Fsp3) is 0.278. The molecule has 122 valence electrons. The molecule has 0 aliphatic heterocycles. The summed E-state index contributed by atoms with van der Waals surface area (Å²) in [6.45, 7) is 0. The van der Waals surface area contributed by atoms with Gasteiger partial charge >= 0.3 is 6.09 Å². The van der Waals surface area contributed by atoms with E-state index in [2.05, 4.69) is 0 Å². The van der Waals surface area contributed by atoms with Gasteiger partial charge in [0.15, 0.2) is 0 Å². The highest BCUT2D eigenvalue weighted by atomic mass is 16.5. The summed E-state index contributed by atoms with van der Waals surface area (Å²) in [6, 6.07) is 14.1. The SMILES string of the molecule is COc1ccc(CCC(c2cccc(O)c2)N(C)C(=O)O)cc1. The molecule has 0 saturated carbocycles. The fourth-order valence-electron chi connectivity index (χ4n) is 2.54. The first-order valence-electron chi connectivity index (χ1n) is 7.39. The van der Waals surface area contributed by atoms with Crippen LogP contribution in [0.25, 0.3) is 0 Å². The summed E-state index contributed by atoms with van der Waals surface area (Å²) < 4.78 is 5.13. The third-order valence-electron chi connectivity index (χ3n) is 3.89. The molecule has 1 atom stereocenters. The summed E-state index contributed by atoms with van der Waals surface area (Å²) in [5.74, 6) is 0.927. The van der Waals surface area contributed by atoms with E-state index >= 15 is 0 Å². The molecule has 0 aliphatic carbocycles. The van der Waals surface area contributed by atoms with Gasteiger partial charge in [-0.05, 0) is 48.2 Å². The van der Waals surface area contributed by atoms with Crippen molar-refractivity contribution in [2.24, 2.45) is 0 Å². The molecule has 0 radical (unpaired) electrons. The van der Waals surface area contributed by atoms with Gasteiger partial charge in [-0.25, -0.2) is 4.79 Å². The molecule has 5 nitrogen and oxygen atoms in total. The molecule has 0 bridgehead atoms. The topological polar surface area (TPSA) is 70.0 Å². The minimum atomic E-state index is -0.993. The summed E-state index contributed by atoms with van der Waals surface area (Å²) in [4.78, 5) is 12.6. The average Bonchev–Trinajstić information content (AvgIpc) is 2.55. The number of hydrogen-bond donors (Lipinski definition) is 2. The molecular weight excluding hydrogens is 294 g/mol. The summed E-state index contributed by atoms with van der Waals surface area (Å²) in [7, 11) is 3.17. The number of amides is 1. The molecule has 23 heavy (non-hydrogen) atoms. The quantitative estimate of drug-likeness (QED) is 0.853. The molecule has 1 amide bonds. The molecule has 0 aromatic heterocycles. The highest BCUT2D eigenvalue weighted by Gasteiger charge is 2.21. The molecule has 0 aliphatic rings. The number of aromatic hydroxyl groups is 1. The van der Waals surface area contributed by atoms with Crippen LogP contribution in [0, 0.1) is 0 Å². The molecule has 2 N–H and O–H groups in total. The number of carbonyl (C=O) groups is 1. The smallest absolute Gasteiger partial charge is 0.407 e. The van der Waals surface area contributed by atoms with Crippen molar-refractivity contribution in [3.63, 3.8) is 0 Å². The zero-order valence-electron chi connectivity index (χ0n) is 13.3. The molecule has 1 unspecified atom stereocenters. The van der Waals surface area contributed by atoms with Gasteiger partial charge in [0.2, 0.25) is 0 Å². The summed E-state index contributed by atoms with van der Waals surface area (Å²) in [5, 5.41) is 18.9. The van der Waals surface area contributed by atoms with Crippen molar-refractivity contribution < 1.29 is 19.7 Å². The number of rotatable bonds is 6. The number of carboxylic acid groups (broad SMARTS) is 1. The van der Waals surface area contributed by atoms with E-state index < -0.39 is 6.09 Å². The summed E-state index contributed by atoms with van der Waals surface area (Å²) in [6.07, 6.45) is 0.355. The molecule has 2 aromatic carbocycles. The first kappa shape index (κ1) is 16.7. The van der Waals surface area contributed by atoms with Gasteiger partial charge < -0.3 is 19.8 Å². The van der Waals surface area contributed by atoms with Gasteiger partial charge in [-0.1, -0.05) is 24.3 Å². The van der Waals surface area contributed by atoms with Crippen molar-refractivity contribution in [3.05, 3.63) is 59.7 Å². The minimum absolute atomic E-state index is 0.135. The lowest BCUT2D eigenvalue weighted by atomic mass is 9.98. The number of ether oxygens (including phenoxy) is 1. The van der Waals surface area contributed by atoms with Crippen LogP contribution in [0.4, 0.5) is 4.79 Å². The van der Waals surface area contributed by atoms with E-state index in [1.54, 1.807) is 32.4 Å². The third kappa shape index (κ3) is 4.39. The second kappa shape index (κ2) is 7.54. The zero-order chi connectivity index (χ0) is 16.8. The van der Waals surface area contributed by atoms with Gasteiger partial charge in [0, 0.05) is 7.05 Å². The van der Waals surface area contributed by atoms with E-state index in [0.717, 1.165) is 23.3 Å².